The van der Waals surface area contributed by atoms with Crippen molar-refractivity contribution in [2.24, 2.45) is 0 Å². The van der Waals surface area contributed by atoms with Crippen LogP contribution in [-0.2, 0) is 6.42 Å². The van der Waals surface area contributed by atoms with Crippen LogP contribution in [0, 0.1) is 0 Å². The maximum atomic E-state index is 12.6. The summed E-state index contributed by atoms with van der Waals surface area (Å²) in [6.07, 6.45) is 6.36. The molecule has 4 aromatic rings. The van der Waals surface area contributed by atoms with Gasteiger partial charge in [-0.2, -0.15) is 0 Å². The Labute approximate surface area is 179 Å². The molecule has 30 heavy (non-hydrogen) atoms. The molecule has 4 rings (SSSR count). The number of aromatic nitrogens is 3. The second kappa shape index (κ2) is 9.47. The summed E-state index contributed by atoms with van der Waals surface area (Å²) in [5.74, 6) is 0.453. The Morgan fingerprint density at radius 3 is 2.73 bits per heavy atom. The standard InChI is InChI=1S/C23H23N5OS/c1-17(18-7-5-12-24-15-18)25-13-11-19-16-28(20-8-3-2-4-9-20)27-22(19)26-23(29)21-10-6-14-30-21/h2-10,12,14-17,25H,11,13H2,1H3,(H,26,27,29). The molecule has 1 amide bonds. The summed E-state index contributed by atoms with van der Waals surface area (Å²) < 4.78 is 1.81. The summed E-state index contributed by atoms with van der Waals surface area (Å²) in [6.45, 7) is 2.86. The maximum absolute atomic E-state index is 12.6. The highest BCUT2D eigenvalue weighted by molar-refractivity contribution is 7.12. The number of para-hydroxylation sites is 1. The van der Waals surface area contributed by atoms with Crippen LogP contribution in [0.15, 0.2) is 78.6 Å². The van der Waals surface area contributed by atoms with Gasteiger partial charge in [0.15, 0.2) is 5.82 Å². The summed E-state index contributed by atoms with van der Waals surface area (Å²) in [4.78, 5) is 17.4. The second-order valence-electron chi connectivity index (χ2n) is 6.93. The third-order valence-electron chi connectivity index (χ3n) is 4.82. The predicted molar refractivity (Wildman–Crippen MR) is 120 cm³/mol. The molecule has 2 N–H and O–H groups in total. The molecule has 152 valence electrons. The first-order valence-corrected chi connectivity index (χ1v) is 10.7. The minimum atomic E-state index is -0.138. The number of thiophene rings is 1. The lowest BCUT2D eigenvalue weighted by Crippen LogP contribution is -2.22. The topological polar surface area (TPSA) is 71.8 Å². The molecule has 1 aromatic carbocycles. The lowest BCUT2D eigenvalue weighted by molar-refractivity contribution is 0.103. The monoisotopic (exact) mass is 417 g/mol. The van der Waals surface area contributed by atoms with E-state index in [4.69, 9.17) is 0 Å². The highest BCUT2D eigenvalue weighted by Crippen LogP contribution is 2.20. The van der Waals surface area contributed by atoms with E-state index >= 15 is 0 Å². The van der Waals surface area contributed by atoms with E-state index in [9.17, 15) is 4.79 Å². The van der Waals surface area contributed by atoms with Crippen LogP contribution in [0.2, 0.25) is 0 Å². The first-order chi connectivity index (χ1) is 14.7. The maximum Gasteiger partial charge on any atom is 0.266 e. The Kier molecular flexibility index (Phi) is 6.32. The number of amides is 1. The summed E-state index contributed by atoms with van der Waals surface area (Å²) >= 11 is 1.41. The molecular formula is C23H23N5OS. The SMILES string of the molecule is CC(NCCc1cn(-c2ccccc2)nc1NC(=O)c1cccs1)c1cccnc1. The highest BCUT2D eigenvalue weighted by atomic mass is 32.1. The van der Waals surface area contributed by atoms with Gasteiger partial charge in [-0.3, -0.25) is 9.78 Å². The number of carbonyl (C=O) groups excluding carboxylic acids is 1. The minimum Gasteiger partial charge on any atom is -0.310 e. The number of anilines is 1. The van der Waals surface area contributed by atoms with Crippen molar-refractivity contribution in [2.45, 2.75) is 19.4 Å². The zero-order valence-corrected chi connectivity index (χ0v) is 17.5. The molecule has 3 heterocycles. The van der Waals surface area contributed by atoms with Crippen molar-refractivity contribution >= 4 is 23.1 Å². The Bertz CT molecular complexity index is 1080. The van der Waals surface area contributed by atoms with E-state index in [1.165, 1.54) is 11.3 Å². The van der Waals surface area contributed by atoms with Gasteiger partial charge in [-0.05, 0) is 55.1 Å². The number of nitrogens with zero attached hydrogens (tertiary/aromatic N) is 3. The van der Waals surface area contributed by atoms with Gasteiger partial charge in [-0.15, -0.1) is 16.4 Å². The van der Waals surface area contributed by atoms with Crippen LogP contribution in [-0.4, -0.2) is 27.2 Å². The molecule has 3 aromatic heterocycles. The number of nitrogens with one attached hydrogen (secondary N) is 2. The van der Waals surface area contributed by atoms with E-state index in [1.807, 2.05) is 71.0 Å². The molecule has 7 heteroatoms. The lowest BCUT2D eigenvalue weighted by Gasteiger charge is -2.13. The molecule has 6 nitrogen and oxygen atoms in total. The molecule has 0 saturated heterocycles. The van der Waals surface area contributed by atoms with Crippen molar-refractivity contribution in [3.63, 3.8) is 0 Å². The molecule has 0 fully saturated rings. The molecular weight excluding hydrogens is 394 g/mol. The van der Waals surface area contributed by atoms with Gasteiger partial charge in [0.2, 0.25) is 0 Å². The van der Waals surface area contributed by atoms with E-state index in [0.717, 1.165) is 29.8 Å². The van der Waals surface area contributed by atoms with Gasteiger partial charge >= 0.3 is 0 Å². The van der Waals surface area contributed by atoms with E-state index < -0.39 is 0 Å². The van der Waals surface area contributed by atoms with Crippen LogP contribution in [0.4, 0.5) is 5.82 Å². The average molecular weight is 418 g/mol. The zero-order chi connectivity index (χ0) is 20.8. The van der Waals surface area contributed by atoms with Gasteiger partial charge in [0.25, 0.3) is 5.91 Å². The molecule has 0 aliphatic heterocycles. The predicted octanol–water partition coefficient (Wildman–Crippen LogP) is 4.47. The summed E-state index contributed by atoms with van der Waals surface area (Å²) in [6, 6.07) is 17.8. The van der Waals surface area contributed by atoms with Gasteiger partial charge in [0.05, 0.1) is 10.6 Å². The van der Waals surface area contributed by atoms with Crippen molar-refractivity contribution in [3.8, 4) is 5.69 Å². The average Bonchev–Trinajstić information content (AvgIpc) is 3.46. The fraction of sp³-hybridized carbons (Fsp3) is 0.174. The molecule has 0 radical (unpaired) electrons. The Morgan fingerprint density at radius 2 is 2.00 bits per heavy atom. The van der Waals surface area contributed by atoms with Crippen LogP contribution in [0.5, 0.6) is 0 Å². The van der Waals surface area contributed by atoms with Crippen LogP contribution in [0.25, 0.3) is 5.69 Å². The van der Waals surface area contributed by atoms with Gasteiger partial charge < -0.3 is 10.6 Å². The molecule has 0 saturated carbocycles. The Morgan fingerprint density at radius 1 is 1.13 bits per heavy atom. The van der Waals surface area contributed by atoms with E-state index in [1.54, 1.807) is 6.20 Å². The van der Waals surface area contributed by atoms with Crippen LogP contribution in [0.3, 0.4) is 0 Å². The third-order valence-corrected chi connectivity index (χ3v) is 5.69. The summed E-state index contributed by atoms with van der Waals surface area (Å²) in [5, 5.41) is 13.0. The van der Waals surface area contributed by atoms with Crippen molar-refractivity contribution in [1.82, 2.24) is 20.1 Å². The molecule has 0 aliphatic rings. The number of carbonyl (C=O) groups is 1. The first kappa shape index (κ1) is 20.0. The van der Waals surface area contributed by atoms with Crippen molar-refractivity contribution < 1.29 is 4.79 Å². The van der Waals surface area contributed by atoms with E-state index in [-0.39, 0.29) is 11.9 Å². The van der Waals surface area contributed by atoms with Crippen molar-refractivity contribution in [1.29, 1.82) is 0 Å². The van der Waals surface area contributed by atoms with Crippen molar-refractivity contribution in [3.05, 3.63) is 94.6 Å². The second-order valence-corrected chi connectivity index (χ2v) is 7.87. The van der Waals surface area contributed by atoms with Gasteiger partial charge in [0.1, 0.15) is 0 Å². The van der Waals surface area contributed by atoms with Crippen LogP contribution < -0.4 is 10.6 Å². The van der Waals surface area contributed by atoms with E-state index in [0.29, 0.717) is 10.7 Å². The Hall–Kier alpha value is -3.29. The molecule has 0 spiro atoms. The largest absolute Gasteiger partial charge is 0.310 e. The zero-order valence-electron chi connectivity index (χ0n) is 16.7. The Balaban J connectivity index is 1.49. The number of pyridine rings is 1. The van der Waals surface area contributed by atoms with Gasteiger partial charge in [0, 0.05) is 30.2 Å². The van der Waals surface area contributed by atoms with Gasteiger partial charge in [-0.1, -0.05) is 30.3 Å². The summed E-state index contributed by atoms with van der Waals surface area (Å²) in [7, 11) is 0. The summed E-state index contributed by atoms with van der Waals surface area (Å²) in [5.41, 5.74) is 3.07. The van der Waals surface area contributed by atoms with Crippen molar-refractivity contribution in [2.75, 3.05) is 11.9 Å². The molecule has 1 atom stereocenters. The number of benzene rings is 1. The highest BCUT2D eigenvalue weighted by Gasteiger charge is 2.15. The smallest absolute Gasteiger partial charge is 0.266 e. The van der Waals surface area contributed by atoms with Gasteiger partial charge in [-0.25, -0.2) is 4.68 Å². The molecule has 0 aliphatic carbocycles. The number of hydrogen-bond donors (Lipinski definition) is 2. The minimum absolute atomic E-state index is 0.138. The molecule has 1 unspecified atom stereocenters. The lowest BCUT2D eigenvalue weighted by atomic mass is 10.1. The van der Waals surface area contributed by atoms with E-state index in [2.05, 4.69) is 33.7 Å². The van der Waals surface area contributed by atoms with Crippen LogP contribution in [0.1, 0.15) is 33.8 Å². The number of rotatable bonds is 8. The first-order valence-electron chi connectivity index (χ1n) is 9.83. The number of hydrogen-bond acceptors (Lipinski definition) is 5. The fourth-order valence-electron chi connectivity index (χ4n) is 3.16. The fourth-order valence-corrected chi connectivity index (χ4v) is 3.78. The normalized spacial score (nSPS) is 11.9. The quantitative estimate of drug-likeness (QED) is 0.444. The third kappa shape index (κ3) is 4.82. The van der Waals surface area contributed by atoms with Crippen LogP contribution >= 0.6 is 11.3 Å². The molecule has 0 bridgehead atoms.